The van der Waals surface area contributed by atoms with Crippen molar-refractivity contribution in [1.82, 2.24) is 0 Å². The number of ether oxygens (including phenoxy) is 1. The van der Waals surface area contributed by atoms with E-state index in [1.54, 1.807) is 30.1 Å². The molecular formula is C3H6BrIO2. The van der Waals surface area contributed by atoms with Crippen molar-refractivity contribution in [3.63, 3.8) is 0 Å². The average molecular weight is 281 g/mol. The first kappa shape index (κ1) is 8.13. The Bertz CT molecular complexity index is 34.4. The van der Waals surface area contributed by atoms with Crippen molar-refractivity contribution in [2.45, 2.75) is 6.29 Å². The molecule has 0 aromatic heterocycles. The Morgan fingerprint density at radius 3 is 2.43 bits per heavy atom. The zero-order valence-corrected chi connectivity index (χ0v) is 7.60. The van der Waals surface area contributed by atoms with E-state index < -0.39 is 0 Å². The van der Waals surface area contributed by atoms with E-state index in [1.807, 2.05) is 0 Å². The Morgan fingerprint density at radius 2 is 2.43 bits per heavy atom. The summed E-state index contributed by atoms with van der Waals surface area (Å²) in [6.45, 7) is 0. The van der Waals surface area contributed by atoms with E-state index in [2.05, 4.69) is 15.9 Å². The summed E-state index contributed by atoms with van der Waals surface area (Å²) in [4.78, 5) is 0. The van der Waals surface area contributed by atoms with E-state index in [1.165, 1.54) is 0 Å². The molecule has 0 aliphatic heterocycles. The molecule has 0 saturated heterocycles. The summed E-state index contributed by atoms with van der Waals surface area (Å²) in [7, 11) is 1.60. The maximum absolute atomic E-state index is 4.77. The van der Waals surface area contributed by atoms with Crippen LogP contribution < -0.4 is 0 Å². The van der Waals surface area contributed by atoms with E-state index in [4.69, 9.17) is 7.80 Å². The Kier molecular flexibility index (Phi) is 6.12. The largest absolute Gasteiger partial charge is 0.354 e. The molecule has 0 aromatic rings. The van der Waals surface area contributed by atoms with Crippen LogP contribution >= 0.6 is 38.9 Å². The summed E-state index contributed by atoms with van der Waals surface area (Å²) < 4.78 is 9.52. The fraction of sp³-hybridized carbons (Fsp3) is 1.00. The maximum Gasteiger partial charge on any atom is 0.178 e. The average Bonchev–Trinajstić information content (AvgIpc) is 1.72. The van der Waals surface area contributed by atoms with Crippen LogP contribution in [0, 0.1) is 0 Å². The summed E-state index contributed by atoms with van der Waals surface area (Å²) in [6, 6.07) is 0. The van der Waals surface area contributed by atoms with Crippen molar-refractivity contribution in [2.24, 2.45) is 0 Å². The second kappa shape index (κ2) is 5.27. The number of alkyl halides is 1. The third-order valence-electron chi connectivity index (χ3n) is 0.488. The summed E-state index contributed by atoms with van der Waals surface area (Å²) in [6.07, 6.45) is -0.111. The first-order valence-electron chi connectivity index (χ1n) is 1.71. The molecule has 1 atom stereocenters. The van der Waals surface area contributed by atoms with Gasteiger partial charge in [0.15, 0.2) is 6.29 Å². The Balaban J connectivity index is 2.99. The van der Waals surface area contributed by atoms with Crippen molar-refractivity contribution in [2.75, 3.05) is 12.4 Å². The van der Waals surface area contributed by atoms with Gasteiger partial charge in [-0.2, -0.15) is 0 Å². The van der Waals surface area contributed by atoms with E-state index in [-0.39, 0.29) is 6.29 Å². The Labute approximate surface area is 65.4 Å². The van der Waals surface area contributed by atoms with E-state index in [0.717, 1.165) is 0 Å². The van der Waals surface area contributed by atoms with Crippen LogP contribution in [0.3, 0.4) is 0 Å². The molecule has 0 rings (SSSR count). The standard InChI is InChI=1S/C3H6BrIO2/c1-6-3(2-4)7-5/h3H,2H2,1H3. The molecule has 4 heteroatoms. The van der Waals surface area contributed by atoms with E-state index >= 15 is 0 Å². The lowest BCUT2D eigenvalue weighted by atomic mass is 10.8. The SMILES string of the molecule is COC(CBr)OI. The van der Waals surface area contributed by atoms with Gasteiger partial charge in [-0.15, -0.1) is 0 Å². The van der Waals surface area contributed by atoms with Crippen molar-refractivity contribution in [1.29, 1.82) is 0 Å². The molecule has 0 aliphatic carbocycles. The number of rotatable bonds is 3. The number of halogens is 2. The summed E-state index contributed by atoms with van der Waals surface area (Å²) in [5, 5.41) is 0.715. The van der Waals surface area contributed by atoms with Crippen LogP contribution in [0.25, 0.3) is 0 Å². The molecule has 44 valence electrons. The fourth-order valence-corrected chi connectivity index (χ4v) is 1.40. The molecule has 0 saturated carbocycles. The lowest BCUT2D eigenvalue weighted by molar-refractivity contribution is -0.00365. The number of hydrogen-bond acceptors (Lipinski definition) is 2. The summed E-state index contributed by atoms with van der Waals surface area (Å²) in [5.74, 6) is 0. The molecular weight excluding hydrogens is 275 g/mol. The monoisotopic (exact) mass is 280 g/mol. The second-order valence-electron chi connectivity index (χ2n) is 0.909. The van der Waals surface area contributed by atoms with Gasteiger partial charge in [-0.25, -0.2) is 0 Å². The molecule has 7 heavy (non-hydrogen) atoms. The fourth-order valence-electron chi connectivity index (χ4n) is 0.123. The van der Waals surface area contributed by atoms with E-state index in [9.17, 15) is 0 Å². The molecule has 0 spiro atoms. The highest BCUT2D eigenvalue weighted by Gasteiger charge is 1.99. The third-order valence-corrected chi connectivity index (χ3v) is 1.58. The quantitative estimate of drug-likeness (QED) is 0.445. The lowest BCUT2D eigenvalue weighted by Gasteiger charge is -2.04. The first-order chi connectivity index (χ1) is 3.35. The van der Waals surface area contributed by atoms with Gasteiger partial charge < -0.3 is 4.74 Å². The highest BCUT2D eigenvalue weighted by molar-refractivity contribution is 14.1. The molecule has 2 nitrogen and oxygen atoms in total. The highest BCUT2D eigenvalue weighted by Crippen LogP contribution is 2.01. The van der Waals surface area contributed by atoms with Crippen molar-refractivity contribution in [3.05, 3.63) is 0 Å². The normalized spacial score (nSPS) is 14.1. The second-order valence-corrected chi connectivity index (χ2v) is 2.06. The molecule has 0 aliphatic rings. The first-order valence-corrected chi connectivity index (χ1v) is 3.71. The van der Waals surface area contributed by atoms with Crippen LogP contribution in [0.15, 0.2) is 0 Å². The number of methoxy groups -OCH3 is 1. The van der Waals surface area contributed by atoms with Gasteiger partial charge in [-0.1, -0.05) is 15.9 Å². The smallest absolute Gasteiger partial charge is 0.178 e. The van der Waals surface area contributed by atoms with Crippen LogP contribution in [-0.4, -0.2) is 18.7 Å². The Hall–Kier alpha value is 1.13. The zero-order chi connectivity index (χ0) is 5.70. The van der Waals surface area contributed by atoms with Gasteiger partial charge in [0, 0.05) is 7.11 Å². The molecule has 1 unspecified atom stereocenters. The minimum absolute atomic E-state index is 0.111. The molecule has 0 heterocycles. The van der Waals surface area contributed by atoms with Crippen LogP contribution in [0.5, 0.6) is 0 Å². The predicted molar refractivity (Wildman–Crippen MR) is 39.7 cm³/mol. The van der Waals surface area contributed by atoms with Gasteiger partial charge in [0.05, 0.1) is 5.33 Å². The van der Waals surface area contributed by atoms with Crippen LogP contribution in [0.4, 0.5) is 0 Å². The van der Waals surface area contributed by atoms with Gasteiger partial charge in [0.2, 0.25) is 0 Å². The van der Waals surface area contributed by atoms with Crippen molar-refractivity contribution >= 4 is 38.9 Å². The molecule has 0 bridgehead atoms. The van der Waals surface area contributed by atoms with Crippen LogP contribution in [0.1, 0.15) is 0 Å². The third kappa shape index (κ3) is 3.69. The molecule has 0 amide bonds. The molecule has 0 radical (unpaired) electrons. The highest BCUT2D eigenvalue weighted by atomic mass is 127. The molecule has 0 aromatic carbocycles. The van der Waals surface area contributed by atoms with Crippen molar-refractivity contribution < 1.29 is 7.80 Å². The van der Waals surface area contributed by atoms with E-state index in [0.29, 0.717) is 5.33 Å². The summed E-state index contributed by atoms with van der Waals surface area (Å²) >= 11 is 4.98. The van der Waals surface area contributed by atoms with Gasteiger partial charge in [-0.3, -0.25) is 3.07 Å². The number of hydrogen-bond donors (Lipinski definition) is 0. The predicted octanol–water partition coefficient (Wildman–Crippen LogP) is 1.72. The Morgan fingerprint density at radius 1 is 1.86 bits per heavy atom. The summed E-state index contributed by atoms with van der Waals surface area (Å²) in [5.41, 5.74) is 0. The lowest BCUT2D eigenvalue weighted by Crippen LogP contribution is -2.10. The van der Waals surface area contributed by atoms with Crippen LogP contribution in [0.2, 0.25) is 0 Å². The van der Waals surface area contributed by atoms with Gasteiger partial charge in [0.25, 0.3) is 0 Å². The van der Waals surface area contributed by atoms with Crippen molar-refractivity contribution in [3.8, 4) is 0 Å². The minimum atomic E-state index is -0.111. The minimum Gasteiger partial charge on any atom is -0.354 e. The zero-order valence-electron chi connectivity index (χ0n) is 3.86. The maximum atomic E-state index is 4.77. The van der Waals surface area contributed by atoms with Crippen LogP contribution in [-0.2, 0) is 7.80 Å². The van der Waals surface area contributed by atoms with Gasteiger partial charge in [0.1, 0.15) is 23.0 Å². The van der Waals surface area contributed by atoms with Gasteiger partial charge >= 0.3 is 0 Å². The molecule has 0 fully saturated rings. The topological polar surface area (TPSA) is 18.5 Å². The molecule has 0 N–H and O–H groups in total. The van der Waals surface area contributed by atoms with Gasteiger partial charge in [-0.05, 0) is 0 Å².